The summed E-state index contributed by atoms with van der Waals surface area (Å²) in [6, 6.07) is 17.4. The van der Waals surface area contributed by atoms with Gasteiger partial charge in [-0.3, -0.25) is 4.79 Å². The number of carbonyl (C=O) groups is 1. The van der Waals surface area contributed by atoms with Gasteiger partial charge in [0.2, 0.25) is 0 Å². The average Bonchev–Trinajstić information content (AvgIpc) is 3.15. The molecule has 2 heterocycles. The molecule has 0 bridgehead atoms. The Kier molecular flexibility index (Phi) is 4.50. The van der Waals surface area contributed by atoms with Gasteiger partial charge < -0.3 is 9.64 Å². The lowest BCUT2D eigenvalue weighted by molar-refractivity contribution is 0.0297. The van der Waals surface area contributed by atoms with Crippen molar-refractivity contribution in [2.45, 2.75) is 0 Å². The maximum absolute atomic E-state index is 13.3. The second-order valence-electron chi connectivity index (χ2n) is 6.07. The molecule has 0 N–H and O–H groups in total. The molecule has 0 spiro atoms. The van der Waals surface area contributed by atoms with Gasteiger partial charge in [-0.1, -0.05) is 30.3 Å². The Morgan fingerprint density at radius 1 is 1.00 bits per heavy atom. The second-order valence-corrected chi connectivity index (χ2v) is 6.07. The van der Waals surface area contributed by atoms with Crippen molar-refractivity contribution in [2.75, 3.05) is 26.3 Å². The van der Waals surface area contributed by atoms with E-state index in [1.54, 1.807) is 27.8 Å². The van der Waals surface area contributed by atoms with Crippen LogP contribution in [0.15, 0.2) is 60.7 Å². The molecule has 0 atom stereocenters. The van der Waals surface area contributed by atoms with Gasteiger partial charge in [-0.2, -0.15) is 5.10 Å². The molecular formula is C20H18FN3O2. The Labute approximate surface area is 150 Å². The molecule has 1 aliphatic rings. The number of hydrogen-bond donors (Lipinski definition) is 0. The highest BCUT2D eigenvalue weighted by Crippen LogP contribution is 2.23. The summed E-state index contributed by atoms with van der Waals surface area (Å²) < 4.78 is 20.2. The Morgan fingerprint density at radius 3 is 2.38 bits per heavy atom. The molecular weight excluding hydrogens is 333 g/mol. The van der Waals surface area contributed by atoms with E-state index in [-0.39, 0.29) is 11.7 Å². The van der Waals surface area contributed by atoms with Gasteiger partial charge in [-0.25, -0.2) is 9.07 Å². The molecule has 1 saturated heterocycles. The van der Waals surface area contributed by atoms with Crippen molar-refractivity contribution in [1.82, 2.24) is 14.7 Å². The van der Waals surface area contributed by atoms with Crippen LogP contribution in [0.2, 0.25) is 0 Å². The fourth-order valence-corrected chi connectivity index (χ4v) is 2.99. The first kappa shape index (κ1) is 16.5. The van der Waals surface area contributed by atoms with Crippen molar-refractivity contribution >= 4 is 5.91 Å². The molecule has 5 nitrogen and oxygen atoms in total. The van der Waals surface area contributed by atoms with Crippen molar-refractivity contribution in [2.24, 2.45) is 0 Å². The minimum absolute atomic E-state index is 0.104. The third kappa shape index (κ3) is 3.23. The molecule has 4 rings (SSSR count). The van der Waals surface area contributed by atoms with Gasteiger partial charge in [-0.05, 0) is 30.3 Å². The summed E-state index contributed by atoms with van der Waals surface area (Å²) in [7, 11) is 0. The number of rotatable bonds is 3. The van der Waals surface area contributed by atoms with Gasteiger partial charge in [0.25, 0.3) is 5.91 Å². The van der Waals surface area contributed by atoms with Gasteiger partial charge in [0, 0.05) is 18.7 Å². The highest BCUT2D eigenvalue weighted by Gasteiger charge is 2.24. The fourth-order valence-electron chi connectivity index (χ4n) is 2.99. The molecule has 0 unspecified atom stereocenters. The number of hydrogen-bond acceptors (Lipinski definition) is 3. The first-order valence-corrected chi connectivity index (χ1v) is 8.51. The predicted octanol–water partition coefficient (Wildman–Crippen LogP) is 3.15. The normalized spacial score (nSPS) is 14.4. The number of ether oxygens (including phenoxy) is 1. The van der Waals surface area contributed by atoms with E-state index in [2.05, 4.69) is 5.10 Å². The molecule has 0 radical (unpaired) electrons. The van der Waals surface area contributed by atoms with Crippen LogP contribution in [0.5, 0.6) is 0 Å². The topological polar surface area (TPSA) is 47.4 Å². The fraction of sp³-hybridized carbons (Fsp3) is 0.200. The van der Waals surface area contributed by atoms with Crippen molar-refractivity contribution in [3.05, 3.63) is 72.2 Å². The first-order chi connectivity index (χ1) is 12.7. The van der Waals surface area contributed by atoms with E-state index >= 15 is 0 Å². The third-order valence-electron chi connectivity index (χ3n) is 4.37. The number of amides is 1. The van der Waals surface area contributed by atoms with Crippen LogP contribution in [0.4, 0.5) is 4.39 Å². The number of carbonyl (C=O) groups excluding carboxylic acids is 1. The van der Waals surface area contributed by atoms with Crippen LogP contribution in [-0.2, 0) is 4.74 Å². The monoisotopic (exact) mass is 351 g/mol. The van der Waals surface area contributed by atoms with Crippen molar-refractivity contribution in [3.8, 4) is 16.9 Å². The number of halogens is 1. The van der Waals surface area contributed by atoms with Crippen molar-refractivity contribution in [1.29, 1.82) is 0 Å². The smallest absolute Gasteiger partial charge is 0.272 e. The maximum atomic E-state index is 13.3. The molecule has 3 aromatic rings. The van der Waals surface area contributed by atoms with Crippen LogP contribution in [-0.4, -0.2) is 46.9 Å². The SMILES string of the molecule is O=C(c1cc(-c2ccccc2)nn1-c1ccc(F)cc1)N1CCOCC1. The molecule has 0 saturated carbocycles. The Morgan fingerprint density at radius 2 is 1.69 bits per heavy atom. The van der Waals surface area contributed by atoms with Crippen LogP contribution in [0.3, 0.4) is 0 Å². The van der Waals surface area contributed by atoms with Crippen LogP contribution in [0.25, 0.3) is 16.9 Å². The van der Waals surface area contributed by atoms with E-state index in [4.69, 9.17) is 4.74 Å². The van der Waals surface area contributed by atoms with Crippen LogP contribution in [0, 0.1) is 5.82 Å². The molecule has 1 aliphatic heterocycles. The van der Waals surface area contributed by atoms with Crippen molar-refractivity contribution in [3.63, 3.8) is 0 Å². The van der Waals surface area contributed by atoms with E-state index in [0.29, 0.717) is 43.4 Å². The van der Waals surface area contributed by atoms with E-state index in [9.17, 15) is 9.18 Å². The number of morpholine rings is 1. The quantitative estimate of drug-likeness (QED) is 0.728. The predicted molar refractivity (Wildman–Crippen MR) is 95.7 cm³/mol. The van der Waals surface area contributed by atoms with E-state index in [0.717, 1.165) is 5.56 Å². The summed E-state index contributed by atoms with van der Waals surface area (Å²) in [6.45, 7) is 2.16. The summed E-state index contributed by atoms with van der Waals surface area (Å²) in [5.74, 6) is -0.433. The molecule has 1 amide bonds. The number of benzene rings is 2. The van der Waals surface area contributed by atoms with Crippen LogP contribution < -0.4 is 0 Å². The Hall–Kier alpha value is -2.99. The summed E-state index contributed by atoms with van der Waals surface area (Å²) in [5.41, 5.74) is 2.72. The third-order valence-corrected chi connectivity index (χ3v) is 4.37. The lowest BCUT2D eigenvalue weighted by Gasteiger charge is -2.26. The average molecular weight is 351 g/mol. The molecule has 1 fully saturated rings. The minimum Gasteiger partial charge on any atom is -0.378 e. The zero-order valence-electron chi connectivity index (χ0n) is 14.1. The largest absolute Gasteiger partial charge is 0.378 e. The second kappa shape index (κ2) is 7.09. The van der Waals surface area contributed by atoms with Gasteiger partial charge in [0.05, 0.1) is 24.6 Å². The Bertz CT molecular complexity index is 901. The van der Waals surface area contributed by atoms with Crippen molar-refractivity contribution < 1.29 is 13.9 Å². The maximum Gasteiger partial charge on any atom is 0.272 e. The highest BCUT2D eigenvalue weighted by atomic mass is 19.1. The zero-order chi connectivity index (χ0) is 17.9. The summed E-state index contributed by atoms with van der Waals surface area (Å²) in [6.07, 6.45) is 0. The molecule has 2 aromatic carbocycles. The van der Waals surface area contributed by atoms with E-state index in [1.165, 1.54) is 12.1 Å². The minimum atomic E-state index is -0.328. The molecule has 132 valence electrons. The molecule has 1 aromatic heterocycles. The van der Waals surface area contributed by atoms with Crippen LogP contribution >= 0.6 is 0 Å². The molecule has 0 aliphatic carbocycles. The van der Waals surface area contributed by atoms with Crippen LogP contribution in [0.1, 0.15) is 10.5 Å². The summed E-state index contributed by atoms with van der Waals surface area (Å²) in [5, 5.41) is 4.61. The highest BCUT2D eigenvalue weighted by molar-refractivity contribution is 5.94. The Balaban J connectivity index is 1.78. The standard InChI is InChI=1S/C20H18FN3O2/c21-16-6-8-17(9-7-16)24-19(20(25)23-10-12-26-13-11-23)14-18(22-24)15-4-2-1-3-5-15/h1-9,14H,10-13H2. The van der Waals surface area contributed by atoms with E-state index in [1.807, 2.05) is 30.3 Å². The number of aromatic nitrogens is 2. The summed E-state index contributed by atoms with van der Waals surface area (Å²) in [4.78, 5) is 14.8. The lowest BCUT2D eigenvalue weighted by atomic mass is 10.1. The summed E-state index contributed by atoms with van der Waals surface area (Å²) >= 11 is 0. The van der Waals surface area contributed by atoms with Gasteiger partial charge in [0.1, 0.15) is 11.5 Å². The van der Waals surface area contributed by atoms with Gasteiger partial charge in [-0.15, -0.1) is 0 Å². The van der Waals surface area contributed by atoms with Gasteiger partial charge >= 0.3 is 0 Å². The molecule has 6 heteroatoms. The first-order valence-electron chi connectivity index (χ1n) is 8.51. The molecule has 26 heavy (non-hydrogen) atoms. The lowest BCUT2D eigenvalue weighted by Crippen LogP contribution is -2.41. The zero-order valence-corrected chi connectivity index (χ0v) is 14.1. The van der Waals surface area contributed by atoms with E-state index < -0.39 is 0 Å². The number of nitrogens with zero attached hydrogens (tertiary/aromatic N) is 3. The van der Waals surface area contributed by atoms with Gasteiger partial charge in [0.15, 0.2) is 0 Å².